The van der Waals surface area contributed by atoms with E-state index in [4.69, 9.17) is 4.98 Å². The number of carbonyl (C=O) groups is 1. The van der Waals surface area contributed by atoms with Crippen molar-refractivity contribution in [2.45, 2.75) is 43.5 Å². The molecule has 2 heterocycles. The number of ketones is 1. The third-order valence-corrected chi connectivity index (χ3v) is 5.68. The number of thioether (sulfide) groups is 1. The van der Waals surface area contributed by atoms with E-state index in [9.17, 15) is 4.79 Å². The van der Waals surface area contributed by atoms with E-state index in [-0.39, 0.29) is 5.25 Å². The molecule has 0 saturated heterocycles. The minimum Gasteiger partial charge on any atom is -0.298 e. The van der Waals surface area contributed by atoms with Gasteiger partial charge in [0.05, 0.1) is 22.2 Å². The predicted octanol–water partition coefficient (Wildman–Crippen LogP) is 4.23. The molecule has 1 saturated carbocycles. The fourth-order valence-electron chi connectivity index (χ4n) is 3.32. The second-order valence-corrected chi connectivity index (χ2v) is 7.47. The maximum atomic E-state index is 12.0. The molecule has 0 amide bonds. The van der Waals surface area contributed by atoms with Gasteiger partial charge in [-0.25, -0.2) is 9.50 Å². The second kappa shape index (κ2) is 6.06. The Bertz CT molecular complexity index is 917. The Morgan fingerprint density at radius 1 is 1.21 bits per heavy atom. The minimum absolute atomic E-state index is 0.0156. The van der Waals surface area contributed by atoms with E-state index < -0.39 is 0 Å². The van der Waals surface area contributed by atoms with Crippen LogP contribution in [0.25, 0.3) is 16.8 Å². The summed E-state index contributed by atoms with van der Waals surface area (Å²) in [6.07, 6.45) is 2.61. The average molecular weight is 337 g/mol. The highest BCUT2D eigenvalue weighted by molar-refractivity contribution is 8.00. The molecule has 1 atom stereocenters. The van der Waals surface area contributed by atoms with E-state index in [1.54, 1.807) is 11.8 Å². The van der Waals surface area contributed by atoms with Crippen LogP contribution in [0.15, 0.2) is 41.6 Å². The fraction of sp³-hybridized carbons (Fsp3) is 0.316. The number of aromatic nitrogens is 3. The minimum atomic E-state index is 0.0156. The molecule has 0 N–H and O–H groups in total. The molecule has 0 radical (unpaired) electrons. The predicted molar refractivity (Wildman–Crippen MR) is 96.4 cm³/mol. The van der Waals surface area contributed by atoms with Gasteiger partial charge in [0, 0.05) is 12.0 Å². The van der Waals surface area contributed by atoms with Gasteiger partial charge < -0.3 is 0 Å². The molecule has 24 heavy (non-hydrogen) atoms. The molecule has 0 spiro atoms. The van der Waals surface area contributed by atoms with Crippen molar-refractivity contribution in [3.8, 4) is 11.3 Å². The van der Waals surface area contributed by atoms with Gasteiger partial charge in [-0.15, -0.1) is 0 Å². The molecule has 122 valence electrons. The van der Waals surface area contributed by atoms with E-state index in [0.29, 0.717) is 12.2 Å². The highest BCUT2D eigenvalue weighted by Crippen LogP contribution is 2.36. The molecule has 2 aromatic heterocycles. The van der Waals surface area contributed by atoms with Crippen molar-refractivity contribution in [1.29, 1.82) is 0 Å². The van der Waals surface area contributed by atoms with Crippen LogP contribution in [0.4, 0.5) is 0 Å². The molecule has 0 bridgehead atoms. The van der Waals surface area contributed by atoms with Crippen LogP contribution in [0.2, 0.25) is 0 Å². The van der Waals surface area contributed by atoms with Crippen LogP contribution in [0.3, 0.4) is 0 Å². The van der Waals surface area contributed by atoms with Gasteiger partial charge in [-0.1, -0.05) is 42.1 Å². The van der Waals surface area contributed by atoms with Crippen LogP contribution in [0, 0.1) is 13.8 Å². The molecule has 0 unspecified atom stereocenters. The van der Waals surface area contributed by atoms with Crippen LogP contribution in [-0.4, -0.2) is 25.6 Å². The number of benzene rings is 1. The van der Waals surface area contributed by atoms with Gasteiger partial charge in [-0.05, 0) is 38.3 Å². The third kappa shape index (κ3) is 2.63. The van der Waals surface area contributed by atoms with Crippen molar-refractivity contribution >= 4 is 23.1 Å². The van der Waals surface area contributed by atoms with Crippen molar-refractivity contribution in [2.75, 3.05) is 0 Å². The lowest BCUT2D eigenvalue weighted by Gasteiger charge is -2.07. The van der Waals surface area contributed by atoms with Crippen LogP contribution < -0.4 is 0 Å². The lowest BCUT2D eigenvalue weighted by molar-refractivity contribution is -0.116. The molecule has 1 aliphatic carbocycles. The number of imidazole rings is 1. The molecule has 3 aromatic rings. The second-order valence-electron chi connectivity index (χ2n) is 6.30. The fourth-order valence-corrected chi connectivity index (χ4v) is 4.48. The first-order chi connectivity index (χ1) is 11.6. The summed E-state index contributed by atoms with van der Waals surface area (Å²) in [5, 5.41) is 5.50. The van der Waals surface area contributed by atoms with Crippen molar-refractivity contribution < 1.29 is 4.79 Å². The maximum absolute atomic E-state index is 12.0. The monoisotopic (exact) mass is 337 g/mol. The number of Topliss-reactive ketones (excluding diaryl/α,β-unsaturated/α-hetero) is 1. The lowest BCUT2D eigenvalue weighted by atomic mass is 10.1. The molecule has 0 aliphatic heterocycles. The van der Waals surface area contributed by atoms with Crippen LogP contribution in [-0.2, 0) is 4.79 Å². The highest BCUT2D eigenvalue weighted by atomic mass is 32.2. The van der Waals surface area contributed by atoms with Crippen LogP contribution >= 0.6 is 11.8 Å². The number of rotatable bonds is 3. The van der Waals surface area contributed by atoms with E-state index in [2.05, 4.69) is 30.2 Å². The van der Waals surface area contributed by atoms with E-state index in [1.165, 1.54) is 0 Å². The molecule has 1 fully saturated rings. The topological polar surface area (TPSA) is 47.3 Å². The summed E-state index contributed by atoms with van der Waals surface area (Å²) in [5.74, 6) is 0.336. The van der Waals surface area contributed by atoms with Gasteiger partial charge in [0.1, 0.15) is 5.78 Å². The van der Waals surface area contributed by atoms with E-state index >= 15 is 0 Å². The van der Waals surface area contributed by atoms with Crippen molar-refractivity contribution in [1.82, 2.24) is 14.6 Å². The zero-order chi connectivity index (χ0) is 16.7. The Morgan fingerprint density at radius 3 is 2.71 bits per heavy atom. The quantitative estimate of drug-likeness (QED) is 0.718. The summed E-state index contributed by atoms with van der Waals surface area (Å²) in [6.45, 7) is 4.08. The molecule has 4 nitrogen and oxygen atoms in total. The molecular weight excluding hydrogens is 318 g/mol. The van der Waals surface area contributed by atoms with E-state index in [1.807, 2.05) is 29.6 Å². The van der Waals surface area contributed by atoms with Gasteiger partial charge in [0.15, 0.2) is 5.16 Å². The van der Waals surface area contributed by atoms with Crippen LogP contribution in [0.5, 0.6) is 0 Å². The molecule has 1 aliphatic rings. The first-order valence-electron chi connectivity index (χ1n) is 8.25. The zero-order valence-electron chi connectivity index (χ0n) is 13.8. The van der Waals surface area contributed by atoms with Crippen molar-refractivity contribution in [3.05, 3.63) is 47.7 Å². The first kappa shape index (κ1) is 15.4. The summed E-state index contributed by atoms with van der Waals surface area (Å²) in [7, 11) is 0. The number of aryl methyl sites for hydroxylation is 2. The van der Waals surface area contributed by atoms with Gasteiger partial charge in [-0.3, -0.25) is 4.79 Å². The van der Waals surface area contributed by atoms with Gasteiger partial charge >= 0.3 is 0 Å². The standard InChI is InChI=1S/C19H19N3OS/c1-12-11-13(2)21-22-18(12)17(14-7-4-3-5-8-14)20-19(22)24-16-10-6-9-15(16)23/h3-5,7-8,11,16H,6,9-10H2,1-2H3/t16-/m1/s1. The van der Waals surface area contributed by atoms with Crippen molar-refractivity contribution in [2.24, 2.45) is 0 Å². The Labute approximate surface area is 145 Å². The zero-order valence-corrected chi connectivity index (χ0v) is 14.6. The van der Waals surface area contributed by atoms with Gasteiger partial charge in [0.2, 0.25) is 0 Å². The maximum Gasteiger partial charge on any atom is 0.190 e. The number of nitrogens with zero attached hydrogens (tertiary/aromatic N) is 3. The SMILES string of the molecule is Cc1cc(C)c2c(-c3ccccc3)nc(S[C@@H]3CCCC3=O)n2n1. The van der Waals surface area contributed by atoms with Crippen LogP contribution in [0.1, 0.15) is 30.5 Å². The normalized spacial score (nSPS) is 17.8. The van der Waals surface area contributed by atoms with Crippen molar-refractivity contribution in [3.63, 3.8) is 0 Å². The number of hydrogen-bond donors (Lipinski definition) is 0. The Kier molecular flexibility index (Phi) is 3.88. The number of fused-ring (bicyclic) bond motifs is 1. The molecule has 1 aromatic carbocycles. The summed E-state index contributed by atoms with van der Waals surface area (Å²) >= 11 is 1.56. The van der Waals surface area contributed by atoms with E-state index in [0.717, 1.165) is 46.0 Å². The summed E-state index contributed by atoms with van der Waals surface area (Å²) in [5.41, 5.74) is 5.15. The highest BCUT2D eigenvalue weighted by Gasteiger charge is 2.28. The molecular formula is C19H19N3OS. The van der Waals surface area contributed by atoms with Gasteiger partial charge in [-0.2, -0.15) is 5.10 Å². The third-order valence-electron chi connectivity index (χ3n) is 4.42. The lowest BCUT2D eigenvalue weighted by Crippen LogP contribution is -2.09. The number of hydrogen-bond acceptors (Lipinski definition) is 4. The molecule has 5 heteroatoms. The first-order valence-corrected chi connectivity index (χ1v) is 9.13. The van der Waals surface area contributed by atoms with Gasteiger partial charge in [0.25, 0.3) is 0 Å². The summed E-state index contributed by atoms with van der Waals surface area (Å²) in [6, 6.07) is 12.3. The Morgan fingerprint density at radius 2 is 2.00 bits per heavy atom. The average Bonchev–Trinajstić information content (AvgIpc) is 3.13. The number of carbonyl (C=O) groups excluding carboxylic acids is 1. The Hall–Kier alpha value is -2.14. The molecule has 4 rings (SSSR count). The Balaban J connectivity index is 1.89. The smallest absolute Gasteiger partial charge is 0.190 e. The summed E-state index contributed by atoms with van der Waals surface area (Å²) in [4.78, 5) is 16.9. The summed E-state index contributed by atoms with van der Waals surface area (Å²) < 4.78 is 1.92. The largest absolute Gasteiger partial charge is 0.298 e.